The lowest BCUT2D eigenvalue weighted by Gasteiger charge is -2.14. The second-order valence-electron chi connectivity index (χ2n) is 5.72. The van der Waals surface area contributed by atoms with Crippen molar-refractivity contribution in [3.8, 4) is 0 Å². The second-order valence-corrected chi connectivity index (χ2v) is 8.24. The van der Waals surface area contributed by atoms with Crippen molar-refractivity contribution in [1.82, 2.24) is 4.72 Å². The zero-order valence-electron chi connectivity index (χ0n) is 14.9. The largest absolute Gasteiger partial charge is 0.465 e. The number of carbonyl (C=O) groups excluding carboxylic acids is 2. The van der Waals surface area contributed by atoms with Gasteiger partial charge in [-0.3, -0.25) is 4.79 Å². The fourth-order valence-corrected chi connectivity index (χ4v) is 3.71. The molecule has 2 aromatic carbocycles. The number of carbonyl (C=O) groups is 2. The van der Waals surface area contributed by atoms with Crippen molar-refractivity contribution in [2.24, 2.45) is 0 Å². The summed E-state index contributed by atoms with van der Waals surface area (Å²) in [7, 11) is -2.71. The summed E-state index contributed by atoms with van der Waals surface area (Å²) in [5.41, 5.74) is 0.987. The van der Waals surface area contributed by atoms with Crippen molar-refractivity contribution in [1.29, 1.82) is 0 Å². The molecule has 0 fully saturated rings. The second kappa shape index (κ2) is 9.38. The van der Waals surface area contributed by atoms with E-state index in [-0.39, 0.29) is 21.5 Å². The number of rotatable bonds is 7. The van der Waals surface area contributed by atoms with Gasteiger partial charge >= 0.3 is 11.9 Å². The van der Waals surface area contributed by atoms with Crippen molar-refractivity contribution < 1.29 is 27.5 Å². The molecule has 10 heteroatoms. The normalized spacial score (nSPS) is 12.3. The summed E-state index contributed by atoms with van der Waals surface area (Å²) < 4.78 is 36.6. The first kappa shape index (κ1) is 22.2. The number of methoxy groups -OCH3 is 1. The SMILES string of the molecule is COC(=O)c1ccc(COC(=O)C(C)NS(=O)(=O)c2ccc(Cl)c(Cl)c2)cc1. The molecule has 2 aromatic rings. The molecular formula is C18H17Cl2NO6S. The molecule has 0 saturated heterocycles. The quantitative estimate of drug-likeness (QED) is 0.656. The molecule has 0 heterocycles. The van der Waals surface area contributed by atoms with Crippen molar-refractivity contribution in [2.75, 3.05) is 7.11 Å². The monoisotopic (exact) mass is 445 g/mol. The molecule has 0 aliphatic rings. The Labute approximate surface area is 172 Å². The molecule has 0 aliphatic carbocycles. The molecule has 7 nitrogen and oxygen atoms in total. The maximum Gasteiger partial charge on any atom is 0.337 e. The summed E-state index contributed by atoms with van der Waals surface area (Å²) in [5, 5.41) is 0.293. The molecule has 0 radical (unpaired) electrons. The Morgan fingerprint density at radius 2 is 1.71 bits per heavy atom. The molecule has 0 aliphatic heterocycles. The van der Waals surface area contributed by atoms with Gasteiger partial charge in [0.15, 0.2) is 0 Å². The highest BCUT2D eigenvalue weighted by Crippen LogP contribution is 2.24. The number of nitrogens with one attached hydrogen (secondary N) is 1. The van der Waals surface area contributed by atoms with Crippen LogP contribution in [0.15, 0.2) is 47.4 Å². The van der Waals surface area contributed by atoms with Crippen LogP contribution in [-0.2, 0) is 30.9 Å². The Morgan fingerprint density at radius 1 is 1.07 bits per heavy atom. The van der Waals surface area contributed by atoms with Gasteiger partial charge in [0.25, 0.3) is 0 Å². The summed E-state index contributed by atoms with van der Waals surface area (Å²) in [4.78, 5) is 23.4. The first-order valence-electron chi connectivity index (χ1n) is 7.95. The van der Waals surface area contributed by atoms with Crippen LogP contribution in [0.25, 0.3) is 0 Å². The molecule has 1 atom stereocenters. The number of ether oxygens (including phenoxy) is 2. The van der Waals surface area contributed by atoms with E-state index in [1.165, 1.54) is 44.4 Å². The Hall–Kier alpha value is -2.13. The van der Waals surface area contributed by atoms with Crippen LogP contribution >= 0.6 is 23.2 Å². The molecule has 0 saturated carbocycles. The van der Waals surface area contributed by atoms with Gasteiger partial charge in [0.05, 0.1) is 27.6 Å². The minimum atomic E-state index is -3.99. The van der Waals surface area contributed by atoms with Crippen LogP contribution in [0, 0.1) is 0 Å². The molecule has 0 bridgehead atoms. The van der Waals surface area contributed by atoms with Crippen molar-refractivity contribution in [2.45, 2.75) is 24.5 Å². The predicted molar refractivity (Wildman–Crippen MR) is 104 cm³/mol. The van der Waals surface area contributed by atoms with E-state index < -0.39 is 28.0 Å². The van der Waals surface area contributed by atoms with Crippen molar-refractivity contribution >= 4 is 45.2 Å². The predicted octanol–water partition coefficient (Wildman–Crippen LogP) is 3.19. The maximum atomic E-state index is 12.4. The molecule has 0 amide bonds. The van der Waals surface area contributed by atoms with Crippen LogP contribution in [-0.4, -0.2) is 33.5 Å². The lowest BCUT2D eigenvalue weighted by Crippen LogP contribution is -2.39. The number of esters is 2. The highest BCUT2D eigenvalue weighted by Gasteiger charge is 2.23. The summed E-state index contributed by atoms with van der Waals surface area (Å²) in [6.07, 6.45) is 0. The van der Waals surface area contributed by atoms with Gasteiger partial charge in [-0.2, -0.15) is 4.72 Å². The van der Waals surface area contributed by atoms with Gasteiger partial charge in [0.1, 0.15) is 12.6 Å². The van der Waals surface area contributed by atoms with E-state index >= 15 is 0 Å². The smallest absolute Gasteiger partial charge is 0.337 e. The highest BCUT2D eigenvalue weighted by molar-refractivity contribution is 7.89. The molecular weight excluding hydrogens is 429 g/mol. The van der Waals surface area contributed by atoms with E-state index in [9.17, 15) is 18.0 Å². The summed E-state index contributed by atoms with van der Waals surface area (Å²) >= 11 is 11.6. The van der Waals surface area contributed by atoms with Crippen LogP contribution < -0.4 is 4.72 Å². The van der Waals surface area contributed by atoms with Gasteiger partial charge < -0.3 is 9.47 Å². The third-order valence-corrected chi connectivity index (χ3v) is 5.92. The van der Waals surface area contributed by atoms with Gasteiger partial charge in [-0.25, -0.2) is 13.2 Å². The minimum absolute atomic E-state index is 0.0789. The number of halogens is 2. The zero-order valence-corrected chi connectivity index (χ0v) is 17.3. The summed E-state index contributed by atoms with van der Waals surface area (Å²) in [6.45, 7) is 1.27. The molecule has 1 N–H and O–H groups in total. The lowest BCUT2D eigenvalue weighted by molar-refractivity contribution is -0.146. The number of benzene rings is 2. The number of hydrogen-bond acceptors (Lipinski definition) is 6. The van der Waals surface area contributed by atoms with Crippen molar-refractivity contribution in [3.63, 3.8) is 0 Å². The van der Waals surface area contributed by atoms with E-state index in [0.717, 1.165) is 0 Å². The minimum Gasteiger partial charge on any atom is -0.465 e. The zero-order chi connectivity index (χ0) is 20.9. The van der Waals surface area contributed by atoms with Crippen LogP contribution in [0.3, 0.4) is 0 Å². The first-order valence-corrected chi connectivity index (χ1v) is 10.2. The summed E-state index contributed by atoms with van der Waals surface area (Å²) in [6, 6.07) is 8.95. The highest BCUT2D eigenvalue weighted by atomic mass is 35.5. The average Bonchev–Trinajstić information content (AvgIpc) is 2.67. The van der Waals surface area contributed by atoms with E-state index in [4.69, 9.17) is 27.9 Å². The standard InChI is InChI=1S/C18H17Cl2NO6S/c1-11(21-28(24,25)14-7-8-15(19)16(20)9-14)17(22)27-10-12-3-5-13(6-4-12)18(23)26-2/h3-9,11,21H,10H2,1-2H3. The van der Waals surface area contributed by atoms with Gasteiger partial charge in [0.2, 0.25) is 10.0 Å². The Morgan fingerprint density at radius 3 is 2.29 bits per heavy atom. The fourth-order valence-electron chi connectivity index (χ4n) is 2.13. The Bertz CT molecular complexity index is 976. The maximum absolute atomic E-state index is 12.4. The third-order valence-electron chi connectivity index (χ3n) is 3.64. The molecule has 28 heavy (non-hydrogen) atoms. The van der Waals surface area contributed by atoms with Crippen LogP contribution in [0.4, 0.5) is 0 Å². The average molecular weight is 446 g/mol. The van der Waals surface area contributed by atoms with E-state index in [0.29, 0.717) is 11.1 Å². The fraction of sp³-hybridized carbons (Fsp3) is 0.222. The van der Waals surface area contributed by atoms with Crippen LogP contribution in [0.5, 0.6) is 0 Å². The molecule has 150 valence electrons. The Kier molecular flexibility index (Phi) is 7.42. The Balaban J connectivity index is 1.96. The number of sulfonamides is 1. The van der Waals surface area contributed by atoms with Crippen LogP contribution in [0.2, 0.25) is 10.0 Å². The molecule has 0 spiro atoms. The number of hydrogen-bond donors (Lipinski definition) is 1. The van der Waals surface area contributed by atoms with Gasteiger partial charge in [-0.05, 0) is 42.8 Å². The third kappa shape index (κ3) is 5.68. The van der Waals surface area contributed by atoms with E-state index in [2.05, 4.69) is 9.46 Å². The van der Waals surface area contributed by atoms with Gasteiger partial charge in [0, 0.05) is 0 Å². The van der Waals surface area contributed by atoms with E-state index in [1.807, 2.05) is 0 Å². The van der Waals surface area contributed by atoms with Crippen LogP contribution in [0.1, 0.15) is 22.8 Å². The topological polar surface area (TPSA) is 98.8 Å². The lowest BCUT2D eigenvalue weighted by atomic mass is 10.1. The van der Waals surface area contributed by atoms with E-state index in [1.54, 1.807) is 12.1 Å². The van der Waals surface area contributed by atoms with Gasteiger partial charge in [-0.1, -0.05) is 35.3 Å². The van der Waals surface area contributed by atoms with Gasteiger partial charge in [-0.15, -0.1) is 0 Å². The molecule has 0 aromatic heterocycles. The molecule has 1 unspecified atom stereocenters. The summed E-state index contributed by atoms with van der Waals surface area (Å²) in [5.74, 6) is -1.24. The first-order chi connectivity index (χ1) is 13.1. The molecule has 2 rings (SSSR count). The van der Waals surface area contributed by atoms with Crippen molar-refractivity contribution in [3.05, 3.63) is 63.6 Å².